The minimum atomic E-state index is -1.03. The third kappa shape index (κ3) is 3.31. The first-order valence-corrected chi connectivity index (χ1v) is 4.53. The van der Waals surface area contributed by atoms with Gasteiger partial charge < -0.3 is 10.4 Å². The second kappa shape index (κ2) is 5.01. The maximum atomic E-state index is 10.5. The first-order chi connectivity index (χ1) is 7.13. The molecule has 0 saturated heterocycles. The Balaban J connectivity index is 2.65. The summed E-state index contributed by atoms with van der Waals surface area (Å²) >= 11 is 0. The quantitative estimate of drug-likeness (QED) is 0.731. The maximum Gasteiger partial charge on any atom is 0.354 e. The van der Waals surface area contributed by atoms with E-state index in [4.69, 9.17) is 11.5 Å². The number of rotatable bonds is 4. The second-order valence-electron chi connectivity index (χ2n) is 3.19. The number of nitrogens with one attached hydrogen (secondary N) is 1. The zero-order chi connectivity index (χ0) is 11.3. The van der Waals surface area contributed by atoms with Crippen LogP contribution < -0.4 is 5.32 Å². The highest BCUT2D eigenvalue weighted by Crippen LogP contribution is 2.08. The predicted octanol–water partition coefficient (Wildman–Crippen LogP) is 1.60. The maximum absolute atomic E-state index is 10.5. The smallest absolute Gasteiger partial charge is 0.354 e. The summed E-state index contributed by atoms with van der Waals surface area (Å²) < 4.78 is 0. The van der Waals surface area contributed by atoms with E-state index in [1.807, 2.05) is 6.92 Å². The number of terminal acetylenes is 1. The Morgan fingerprint density at radius 1 is 1.73 bits per heavy atom. The number of pyridine rings is 1. The zero-order valence-electron chi connectivity index (χ0n) is 8.40. The Morgan fingerprint density at radius 2 is 2.47 bits per heavy atom. The van der Waals surface area contributed by atoms with Crippen molar-refractivity contribution in [2.24, 2.45) is 0 Å². The number of carbonyl (C=O) groups is 1. The van der Waals surface area contributed by atoms with E-state index in [9.17, 15) is 4.79 Å². The lowest BCUT2D eigenvalue weighted by atomic mass is 10.2. The summed E-state index contributed by atoms with van der Waals surface area (Å²) in [6, 6.07) is 3.27. The Kier molecular flexibility index (Phi) is 3.69. The Bertz CT molecular complexity index is 379. The lowest BCUT2D eigenvalue weighted by molar-refractivity contribution is 0.0690. The van der Waals surface area contributed by atoms with Crippen LogP contribution in [0.1, 0.15) is 23.8 Å². The Hall–Kier alpha value is -2.02. The average Bonchev–Trinajstić information content (AvgIpc) is 2.18. The molecule has 1 aromatic heterocycles. The molecule has 1 unspecified atom stereocenters. The molecular formula is C11H12N2O2. The van der Waals surface area contributed by atoms with Crippen molar-refractivity contribution in [3.05, 3.63) is 24.0 Å². The summed E-state index contributed by atoms with van der Waals surface area (Å²) in [5.41, 5.74) is 0.799. The van der Waals surface area contributed by atoms with E-state index in [2.05, 4.69) is 16.2 Å². The van der Waals surface area contributed by atoms with E-state index >= 15 is 0 Å². The van der Waals surface area contributed by atoms with Crippen molar-refractivity contribution in [2.45, 2.75) is 19.4 Å². The zero-order valence-corrected chi connectivity index (χ0v) is 8.40. The van der Waals surface area contributed by atoms with Crippen LogP contribution >= 0.6 is 0 Å². The summed E-state index contributed by atoms with van der Waals surface area (Å²) in [5, 5.41) is 11.7. The monoisotopic (exact) mass is 204 g/mol. The highest BCUT2D eigenvalue weighted by molar-refractivity contribution is 5.85. The molecule has 2 N–H and O–H groups in total. The summed E-state index contributed by atoms with van der Waals surface area (Å²) in [6.45, 7) is 1.95. The number of carboxylic acids is 1. The summed E-state index contributed by atoms with van der Waals surface area (Å²) in [5.74, 6) is 1.51. The molecule has 1 aromatic rings. The third-order valence-corrected chi connectivity index (χ3v) is 1.82. The van der Waals surface area contributed by atoms with Crippen LogP contribution in [0.4, 0.5) is 5.69 Å². The number of aromatic nitrogens is 1. The van der Waals surface area contributed by atoms with Gasteiger partial charge >= 0.3 is 5.97 Å². The SMILES string of the molecule is C#CCC(C)Nc1ccc(C(=O)O)nc1. The molecule has 0 aliphatic rings. The molecule has 0 fully saturated rings. The fraction of sp³-hybridized carbons (Fsp3) is 0.273. The molecule has 0 aliphatic heterocycles. The number of carboxylic acid groups (broad SMARTS) is 1. The van der Waals surface area contributed by atoms with E-state index in [1.165, 1.54) is 12.3 Å². The van der Waals surface area contributed by atoms with Crippen LogP contribution in [0.15, 0.2) is 18.3 Å². The standard InChI is InChI=1S/C11H12N2O2/c1-3-4-8(2)13-9-5-6-10(11(14)15)12-7-9/h1,5-8,13H,4H2,2H3,(H,14,15). The molecule has 1 heterocycles. The highest BCUT2D eigenvalue weighted by Gasteiger charge is 2.04. The topological polar surface area (TPSA) is 62.2 Å². The largest absolute Gasteiger partial charge is 0.477 e. The van der Waals surface area contributed by atoms with E-state index in [1.54, 1.807) is 6.07 Å². The molecule has 0 radical (unpaired) electrons. The fourth-order valence-corrected chi connectivity index (χ4v) is 1.12. The van der Waals surface area contributed by atoms with Crippen molar-refractivity contribution < 1.29 is 9.90 Å². The molecule has 0 saturated carbocycles. The van der Waals surface area contributed by atoms with Gasteiger partial charge in [0, 0.05) is 12.5 Å². The Morgan fingerprint density at radius 3 is 2.93 bits per heavy atom. The fourth-order valence-electron chi connectivity index (χ4n) is 1.12. The number of aromatic carboxylic acids is 1. The average molecular weight is 204 g/mol. The number of nitrogens with zero attached hydrogens (tertiary/aromatic N) is 1. The number of hydrogen-bond donors (Lipinski definition) is 2. The van der Waals surface area contributed by atoms with Crippen molar-refractivity contribution in [1.29, 1.82) is 0 Å². The van der Waals surface area contributed by atoms with Gasteiger partial charge in [0.1, 0.15) is 5.69 Å². The molecule has 4 heteroatoms. The van der Waals surface area contributed by atoms with Gasteiger partial charge in [0.25, 0.3) is 0 Å². The van der Waals surface area contributed by atoms with Gasteiger partial charge in [-0.1, -0.05) is 0 Å². The van der Waals surface area contributed by atoms with Gasteiger partial charge in [0.2, 0.25) is 0 Å². The van der Waals surface area contributed by atoms with Gasteiger partial charge in [-0.05, 0) is 19.1 Å². The molecule has 0 bridgehead atoms. The molecule has 15 heavy (non-hydrogen) atoms. The van der Waals surface area contributed by atoms with Gasteiger partial charge in [-0.25, -0.2) is 9.78 Å². The third-order valence-electron chi connectivity index (χ3n) is 1.82. The van der Waals surface area contributed by atoms with Gasteiger partial charge in [-0.2, -0.15) is 0 Å². The van der Waals surface area contributed by atoms with Crippen LogP contribution in [0.2, 0.25) is 0 Å². The summed E-state index contributed by atoms with van der Waals surface area (Å²) in [7, 11) is 0. The van der Waals surface area contributed by atoms with Crippen molar-refractivity contribution in [1.82, 2.24) is 4.98 Å². The molecule has 0 amide bonds. The molecule has 1 atom stereocenters. The van der Waals surface area contributed by atoms with Crippen molar-refractivity contribution in [3.8, 4) is 12.3 Å². The first kappa shape index (κ1) is 11.1. The molecule has 0 aliphatic carbocycles. The van der Waals surface area contributed by atoms with Gasteiger partial charge in [-0.3, -0.25) is 0 Å². The normalized spacial score (nSPS) is 11.5. The number of hydrogen-bond acceptors (Lipinski definition) is 3. The molecule has 78 valence electrons. The van der Waals surface area contributed by atoms with E-state index in [-0.39, 0.29) is 11.7 Å². The van der Waals surface area contributed by atoms with Crippen molar-refractivity contribution in [3.63, 3.8) is 0 Å². The second-order valence-corrected chi connectivity index (χ2v) is 3.19. The van der Waals surface area contributed by atoms with Gasteiger partial charge in [-0.15, -0.1) is 12.3 Å². The molecule has 4 nitrogen and oxygen atoms in total. The molecular weight excluding hydrogens is 192 g/mol. The first-order valence-electron chi connectivity index (χ1n) is 4.53. The van der Waals surface area contributed by atoms with Crippen LogP contribution in [0.3, 0.4) is 0 Å². The van der Waals surface area contributed by atoms with Crippen LogP contribution in [0, 0.1) is 12.3 Å². The van der Waals surface area contributed by atoms with Crippen LogP contribution in [0.25, 0.3) is 0 Å². The van der Waals surface area contributed by atoms with Crippen molar-refractivity contribution in [2.75, 3.05) is 5.32 Å². The van der Waals surface area contributed by atoms with E-state index in [0.29, 0.717) is 6.42 Å². The molecule has 0 aromatic carbocycles. The number of anilines is 1. The van der Waals surface area contributed by atoms with Crippen LogP contribution in [-0.2, 0) is 0 Å². The van der Waals surface area contributed by atoms with E-state index < -0.39 is 5.97 Å². The van der Waals surface area contributed by atoms with Crippen LogP contribution in [0.5, 0.6) is 0 Å². The van der Waals surface area contributed by atoms with Crippen molar-refractivity contribution >= 4 is 11.7 Å². The Labute approximate surface area is 88.3 Å². The van der Waals surface area contributed by atoms with Gasteiger partial charge in [0.05, 0.1) is 11.9 Å². The lowest BCUT2D eigenvalue weighted by Crippen LogP contribution is -2.14. The van der Waals surface area contributed by atoms with Gasteiger partial charge in [0.15, 0.2) is 0 Å². The van der Waals surface area contributed by atoms with E-state index in [0.717, 1.165) is 5.69 Å². The summed E-state index contributed by atoms with van der Waals surface area (Å²) in [4.78, 5) is 14.3. The highest BCUT2D eigenvalue weighted by atomic mass is 16.4. The molecule has 0 spiro atoms. The van der Waals surface area contributed by atoms with Crippen LogP contribution in [-0.4, -0.2) is 22.1 Å². The summed E-state index contributed by atoms with van der Waals surface area (Å²) in [6.07, 6.45) is 7.26. The predicted molar refractivity (Wildman–Crippen MR) is 57.7 cm³/mol. The minimum absolute atomic E-state index is 0.0325. The lowest BCUT2D eigenvalue weighted by Gasteiger charge is -2.11. The molecule has 1 rings (SSSR count). The minimum Gasteiger partial charge on any atom is -0.477 e.